The first kappa shape index (κ1) is 27.1. The standard InChI is InChI=1S/C21H31N4O9P/c1-12(2)16(20(28)31-3)24-35(30,34-13-7-5-4-6-8-13)32-11-14-17(26)18(27)19(33-14)25-10-9-15(22)23-21(25)29/h4-10,12,14-19,26-27H,11,22H2,1-3H3,(H,23,29)(H,24,30)/t14-,15?,16+,17-,18-,19-,35?/m1/s1. The van der Waals surface area contributed by atoms with E-state index in [9.17, 15) is 24.4 Å². The summed E-state index contributed by atoms with van der Waals surface area (Å²) in [5, 5.41) is 26.0. The van der Waals surface area contributed by atoms with Crippen LogP contribution in [0.2, 0.25) is 0 Å². The molecule has 6 N–H and O–H groups in total. The van der Waals surface area contributed by atoms with Gasteiger partial charge >= 0.3 is 19.7 Å². The van der Waals surface area contributed by atoms with Crippen LogP contribution in [-0.2, 0) is 23.4 Å². The fourth-order valence-corrected chi connectivity index (χ4v) is 5.13. The van der Waals surface area contributed by atoms with E-state index >= 15 is 0 Å². The van der Waals surface area contributed by atoms with E-state index in [4.69, 9.17) is 24.3 Å². The Kier molecular flexibility index (Phi) is 8.89. The fraction of sp³-hybridized carbons (Fsp3) is 0.524. The van der Waals surface area contributed by atoms with Gasteiger partial charge in [0.25, 0.3) is 0 Å². The number of methoxy groups -OCH3 is 1. The molecule has 35 heavy (non-hydrogen) atoms. The number of hydrogen-bond donors (Lipinski definition) is 5. The zero-order valence-electron chi connectivity index (χ0n) is 19.5. The molecule has 13 nitrogen and oxygen atoms in total. The molecule has 3 rings (SSSR count). The van der Waals surface area contributed by atoms with Crippen molar-refractivity contribution in [3.63, 3.8) is 0 Å². The maximum Gasteiger partial charge on any atom is 0.459 e. The number of aliphatic hydroxyl groups is 2. The topological polar surface area (TPSA) is 182 Å². The normalized spacial score (nSPS) is 28.9. The Labute approximate surface area is 202 Å². The van der Waals surface area contributed by atoms with Gasteiger partial charge in [0.2, 0.25) is 0 Å². The van der Waals surface area contributed by atoms with Gasteiger partial charge in [-0.2, -0.15) is 5.09 Å². The lowest BCUT2D eigenvalue weighted by atomic mass is 10.1. The molecule has 1 fully saturated rings. The van der Waals surface area contributed by atoms with Gasteiger partial charge in [0.15, 0.2) is 6.23 Å². The predicted molar refractivity (Wildman–Crippen MR) is 123 cm³/mol. The van der Waals surface area contributed by atoms with E-state index in [0.29, 0.717) is 0 Å². The second-order valence-electron chi connectivity index (χ2n) is 8.34. The molecule has 0 spiro atoms. The number of nitrogens with one attached hydrogen (secondary N) is 2. The number of carbonyl (C=O) groups is 2. The molecular weight excluding hydrogens is 483 g/mol. The SMILES string of the molecule is COC(=O)[C@@H](NP(=O)(OC[C@H]1O[C@@H](N2C=CC(N)NC2=O)[C@H](O)[C@@H]1O)Oc1ccccc1)C(C)C. The van der Waals surface area contributed by atoms with Crippen molar-refractivity contribution in [2.24, 2.45) is 11.7 Å². The molecule has 2 amide bonds. The van der Waals surface area contributed by atoms with Crippen LogP contribution in [0.5, 0.6) is 5.75 Å². The second kappa shape index (κ2) is 11.5. The quantitative estimate of drug-likeness (QED) is 0.213. The van der Waals surface area contributed by atoms with Gasteiger partial charge in [-0.1, -0.05) is 32.0 Å². The van der Waals surface area contributed by atoms with Crippen LogP contribution >= 0.6 is 7.75 Å². The maximum absolute atomic E-state index is 13.7. The number of hydrogen-bond acceptors (Lipinski definition) is 10. The van der Waals surface area contributed by atoms with Gasteiger partial charge in [0, 0.05) is 6.20 Å². The van der Waals surface area contributed by atoms with Crippen LogP contribution in [0.3, 0.4) is 0 Å². The van der Waals surface area contributed by atoms with E-state index in [0.717, 1.165) is 4.90 Å². The molecule has 2 aliphatic rings. The number of nitrogens with two attached hydrogens (primary N) is 1. The molecule has 0 bridgehead atoms. The number of carbonyl (C=O) groups excluding carboxylic acids is 2. The molecule has 2 heterocycles. The van der Waals surface area contributed by atoms with Crippen molar-refractivity contribution in [1.82, 2.24) is 15.3 Å². The predicted octanol–water partition coefficient (Wildman–Crippen LogP) is 0.248. The molecule has 7 atom stereocenters. The van der Waals surface area contributed by atoms with Crippen LogP contribution in [0.1, 0.15) is 13.8 Å². The summed E-state index contributed by atoms with van der Waals surface area (Å²) >= 11 is 0. The minimum Gasteiger partial charge on any atom is -0.468 e. The van der Waals surface area contributed by atoms with E-state index in [-0.39, 0.29) is 11.7 Å². The molecule has 0 aromatic heterocycles. The minimum absolute atomic E-state index is 0.202. The van der Waals surface area contributed by atoms with Crippen molar-refractivity contribution in [1.29, 1.82) is 0 Å². The third kappa shape index (κ3) is 6.58. The van der Waals surface area contributed by atoms with Crippen LogP contribution in [0, 0.1) is 5.92 Å². The van der Waals surface area contributed by atoms with Crippen LogP contribution in [0.4, 0.5) is 4.79 Å². The van der Waals surface area contributed by atoms with Gasteiger partial charge in [0.05, 0.1) is 19.9 Å². The van der Waals surface area contributed by atoms with Crippen molar-refractivity contribution >= 4 is 19.7 Å². The summed E-state index contributed by atoms with van der Waals surface area (Å²) in [6.45, 7) is 2.93. The Balaban J connectivity index is 1.76. The van der Waals surface area contributed by atoms with Gasteiger partial charge in [-0.25, -0.2) is 9.36 Å². The first-order chi connectivity index (χ1) is 16.5. The highest BCUT2D eigenvalue weighted by Gasteiger charge is 2.48. The monoisotopic (exact) mass is 514 g/mol. The lowest BCUT2D eigenvalue weighted by Gasteiger charge is -2.31. The minimum atomic E-state index is -4.24. The van der Waals surface area contributed by atoms with Gasteiger partial charge in [-0.05, 0) is 24.1 Å². The summed E-state index contributed by atoms with van der Waals surface area (Å²) in [5.74, 6) is -0.809. The largest absolute Gasteiger partial charge is 0.468 e. The lowest BCUT2D eigenvalue weighted by molar-refractivity contribution is -0.143. The van der Waals surface area contributed by atoms with Crippen molar-refractivity contribution in [3.05, 3.63) is 42.6 Å². The number of nitrogens with zero attached hydrogens (tertiary/aromatic N) is 1. The summed E-state index contributed by atoms with van der Waals surface area (Å²) in [6.07, 6.45) is -3.30. The summed E-state index contributed by atoms with van der Waals surface area (Å²) < 4.78 is 35.2. The second-order valence-corrected chi connectivity index (χ2v) is 10.0. The lowest BCUT2D eigenvalue weighted by Crippen LogP contribution is -2.55. The van der Waals surface area contributed by atoms with Crippen LogP contribution in [-0.4, -0.2) is 77.6 Å². The molecule has 194 valence electrons. The fourth-order valence-electron chi connectivity index (χ4n) is 3.47. The first-order valence-corrected chi connectivity index (χ1v) is 12.5. The van der Waals surface area contributed by atoms with Crippen molar-refractivity contribution < 1.29 is 42.9 Å². The van der Waals surface area contributed by atoms with Gasteiger partial charge < -0.3 is 35.3 Å². The Morgan fingerprint density at radius 2 is 1.97 bits per heavy atom. The van der Waals surface area contributed by atoms with Gasteiger partial charge in [-0.3, -0.25) is 14.2 Å². The molecule has 2 unspecified atom stereocenters. The van der Waals surface area contributed by atoms with Crippen LogP contribution in [0.15, 0.2) is 42.6 Å². The van der Waals surface area contributed by atoms with Crippen molar-refractivity contribution in [2.45, 2.75) is 50.6 Å². The van der Waals surface area contributed by atoms with E-state index in [2.05, 4.69) is 10.4 Å². The van der Waals surface area contributed by atoms with Crippen molar-refractivity contribution in [3.8, 4) is 5.75 Å². The molecule has 0 radical (unpaired) electrons. The summed E-state index contributed by atoms with van der Waals surface area (Å²) in [5.41, 5.74) is 5.62. The molecule has 2 aliphatic heterocycles. The average molecular weight is 514 g/mol. The molecular formula is C21H31N4O9P. The highest BCUT2D eigenvalue weighted by Crippen LogP contribution is 2.46. The molecule has 14 heteroatoms. The third-order valence-electron chi connectivity index (χ3n) is 5.39. The Morgan fingerprint density at radius 3 is 2.57 bits per heavy atom. The summed E-state index contributed by atoms with van der Waals surface area (Å²) in [7, 11) is -3.04. The molecule has 0 saturated carbocycles. The highest BCUT2D eigenvalue weighted by molar-refractivity contribution is 7.52. The summed E-state index contributed by atoms with van der Waals surface area (Å²) in [4.78, 5) is 25.5. The smallest absolute Gasteiger partial charge is 0.459 e. The number of para-hydroxylation sites is 1. The van der Waals surface area contributed by atoms with E-state index in [1.807, 2.05) is 0 Å². The van der Waals surface area contributed by atoms with Crippen molar-refractivity contribution in [2.75, 3.05) is 13.7 Å². The highest BCUT2D eigenvalue weighted by atomic mass is 31.2. The molecule has 0 aliphatic carbocycles. The first-order valence-electron chi connectivity index (χ1n) is 10.9. The van der Waals surface area contributed by atoms with E-state index < -0.39 is 63.1 Å². The number of ether oxygens (including phenoxy) is 2. The number of esters is 1. The number of benzene rings is 1. The summed E-state index contributed by atoms with van der Waals surface area (Å²) in [6, 6.07) is 6.49. The number of urea groups is 1. The van der Waals surface area contributed by atoms with Crippen LogP contribution in [0.25, 0.3) is 0 Å². The maximum atomic E-state index is 13.7. The van der Waals surface area contributed by atoms with E-state index in [1.54, 1.807) is 44.2 Å². The molecule has 1 aromatic rings. The average Bonchev–Trinajstić information content (AvgIpc) is 3.10. The Bertz CT molecular complexity index is 963. The Morgan fingerprint density at radius 1 is 1.29 bits per heavy atom. The molecule has 1 saturated heterocycles. The zero-order valence-corrected chi connectivity index (χ0v) is 20.4. The zero-order chi connectivity index (χ0) is 25.8. The van der Waals surface area contributed by atoms with Crippen LogP contribution < -0.4 is 20.7 Å². The number of amides is 2. The number of aliphatic hydroxyl groups excluding tert-OH is 2. The van der Waals surface area contributed by atoms with Gasteiger partial charge in [0.1, 0.15) is 30.1 Å². The molecule has 1 aromatic carbocycles. The van der Waals surface area contributed by atoms with E-state index in [1.165, 1.54) is 19.4 Å². The number of rotatable bonds is 10. The third-order valence-corrected chi connectivity index (χ3v) is 6.92. The Hall–Kier alpha value is -2.51. The van der Waals surface area contributed by atoms with Gasteiger partial charge in [-0.15, -0.1) is 0 Å².